The topological polar surface area (TPSA) is 32.3 Å². The first-order valence-corrected chi connectivity index (χ1v) is 7.07. The Kier molecular flexibility index (Phi) is 4.88. The van der Waals surface area contributed by atoms with Crippen molar-refractivity contribution in [2.24, 2.45) is 0 Å². The third-order valence-electron chi connectivity index (χ3n) is 3.60. The highest BCUT2D eigenvalue weighted by molar-refractivity contribution is 5.84. The predicted octanol–water partition coefficient (Wildman–Crippen LogP) is 3.24. The smallest absolute Gasteiger partial charge is 0.322 e. The molecule has 3 nitrogen and oxygen atoms in total. The van der Waals surface area contributed by atoms with E-state index < -0.39 is 12.6 Å². The lowest BCUT2D eigenvalue weighted by molar-refractivity contribution is -0.136. The van der Waals surface area contributed by atoms with E-state index in [4.69, 9.17) is 0 Å². The fraction of sp³-hybridized carbons (Fsp3) is 0.533. The van der Waals surface area contributed by atoms with Crippen LogP contribution in [-0.4, -0.2) is 29.6 Å². The van der Waals surface area contributed by atoms with Crippen LogP contribution in [0.1, 0.15) is 37.9 Å². The highest BCUT2D eigenvalue weighted by Crippen LogP contribution is 2.27. The van der Waals surface area contributed by atoms with Gasteiger partial charge in [-0.15, -0.1) is 0 Å². The van der Waals surface area contributed by atoms with Gasteiger partial charge in [0.25, 0.3) is 0 Å². The summed E-state index contributed by atoms with van der Waals surface area (Å²) in [6.45, 7) is 2.11. The average molecular weight is 300 g/mol. The summed E-state index contributed by atoms with van der Waals surface area (Å²) in [6.07, 6.45) is -4.78. The minimum absolute atomic E-state index is 0.0448. The first-order chi connectivity index (χ1) is 9.88. The maximum atomic E-state index is 12.1. The molecule has 0 aromatic heterocycles. The van der Waals surface area contributed by atoms with Gasteiger partial charge < -0.3 is 4.90 Å². The zero-order chi connectivity index (χ0) is 15.5. The van der Waals surface area contributed by atoms with Crippen molar-refractivity contribution in [2.45, 2.75) is 44.6 Å². The van der Waals surface area contributed by atoms with E-state index in [1.165, 1.54) is 0 Å². The number of rotatable bonds is 5. The van der Waals surface area contributed by atoms with Crippen LogP contribution in [0, 0.1) is 0 Å². The van der Waals surface area contributed by atoms with Crippen LogP contribution in [0.4, 0.5) is 13.2 Å². The number of amides is 1. The van der Waals surface area contributed by atoms with Crippen LogP contribution in [0.3, 0.4) is 0 Å². The van der Waals surface area contributed by atoms with Crippen LogP contribution in [0.2, 0.25) is 0 Å². The van der Waals surface area contributed by atoms with Crippen molar-refractivity contribution in [2.75, 3.05) is 6.54 Å². The second-order valence-corrected chi connectivity index (χ2v) is 5.31. The molecule has 0 bridgehead atoms. The number of carbonyl (C=O) groups excluding carboxylic acids is 1. The van der Waals surface area contributed by atoms with Crippen molar-refractivity contribution in [3.63, 3.8) is 0 Å². The molecule has 2 rings (SSSR count). The SMILES string of the molecule is CC1NC(c2ccccc2)N(CCCCC(F)(F)F)C1=O. The molecule has 1 aliphatic heterocycles. The molecule has 2 atom stereocenters. The number of hydrogen-bond donors (Lipinski definition) is 1. The van der Waals surface area contributed by atoms with Crippen molar-refractivity contribution >= 4 is 5.91 Å². The number of unbranched alkanes of at least 4 members (excludes halogenated alkanes) is 1. The molecule has 1 aromatic rings. The van der Waals surface area contributed by atoms with Crippen LogP contribution in [0.25, 0.3) is 0 Å². The molecule has 6 heteroatoms. The van der Waals surface area contributed by atoms with Gasteiger partial charge in [-0.2, -0.15) is 13.2 Å². The molecule has 1 heterocycles. The summed E-state index contributed by atoms with van der Waals surface area (Å²) in [7, 11) is 0. The Balaban J connectivity index is 1.96. The van der Waals surface area contributed by atoms with E-state index in [2.05, 4.69) is 5.32 Å². The van der Waals surface area contributed by atoms with Crippen LogP contribution in [-0.2, 0) is 4.79 Å². The molecule has 0 aliphatic carbocycles. The zero-order valence-corrected chi connectivity index (χ0v) is 11.9. The molecule has 2 unspecified atom stereocenters. The Bertz CT molecular complexity index is 476. The molecule has 1 amide bonds. The molecule has 1 aromatic carbocycles. The van der Waals surface area contributed by atoms with E-state index in [9.17, 15) is 18.0 Å². The lowest BCUT2D eigenvalue weighted by atomic mass is 10.1. The van der Waals surface area contributed by atoms with Crippen LogP contribution in [0.5, 0.6) is 0 Å². The lowest BCUT2D eigenvalue weighted by Crippen LogP contribution is -2.31. The molecular weight excluding hydrogens is 281 g/mol. The van der Waals surface area contributed by atoms with Crippen LogP contribution >= 0.6 is 0 Å². The molecule has 1 saturated heterocycles. The average Bonchev–Trinajstić information content (AvgIpc) is 2.71. The second-order valence-electron chi connectivity index (χ2n) is 5.31. The highest BCUT2D eigenvalue weighted by atomic mass is 19.4. The van der Waals surface area contributed by atoms with Gasteiger partial charge in [-0.1, -0.05) is 30.3 Å². The van der Waals surface area contributed by atoms with Gasteiger partial charge in [0.2, 0.25) is 5.91 Å². The number of nitrogens with zero attached hydrogens (tertiary/aromatic N) is 1. The highest BCUT2D eigenvalue weighted by Gasteiger charge is 2.36. The number of nitrogens with one attached hydrogen (secondary N) is 1. The third-order valence-corrected chi connectivity index (χ3v) is 3.60. The molecule has 1 aliphatic rings. The molecular formula is C15H19F3N2O. The fourth-order valence-corrected chi connectivity index (χ4v) is 2.53. The van der Waals surface area contributed by atoms with Crippen molar-refractivity contribution in [3.05, 3.63) is 35.9 Å². The minimum atomic E-state index is -4.13. The van der Waals surface area contributed by atoms with Crippen molar-refractivity contribution < 1.29 is 18.0 Å². The monoisotopic (exact) mass is 300 g/mol. The summed E-state index contributed by atoms with van der Waals surface area (Å²) in [4.78, 5) is 13.8. The van der Waals surface area contributed by atoms with Crippen LogP contribution in [0.15, 0.2) is 30.3 Å². The molecule has 1 fully saturated rings. The van der Waals surface area contributed by atoms with Gasteiger partial charge in [0.15, 0.2) is 0 Å². The number of halogens is 3. The maximum absolute atomic E-state index is 12.1. The lowest BCUT2D eigenvalue weighted by Gasteiger charge is -2.24. The van der Waals surface area contributed by atoms with E-state index in [0.29, 0.717) is 13.0 Å². The Morgan fingerprint density at radius 2 is 1.86 bits per heavy atom. The maximum Gasteiger partial charge on any atom is 0.389 e. The molecule has 21 heavy (non-hydrogen) atoms. The molecule has 116 valence electrons. The summed E-state index contributed by atoms with van der Waals surface area (Å²) in [5.74, 6) is -0.0594. The number of alkyl halides is 3. The third kappa shape index (κ3) is 4.20. The van der Waals surface area contributed by atoms with Crippen LogP contribution < -0.4 is 5.32 Å². The standard InChI is InChI=1S/C15H19F3N2O/c1-11-14(21)20(10-6-5-9-15(16,17)18)13(19-11)12-7-3-2-4-8-12/h2-4,7-8,11,13,19H,5-6,9-10H2,1H3. The number of benzene rings is 1. The van der Waals surface area contributed by atoms with Gasteiger partial charge in [0.1, 0.15) is 6.17 Å². The summed E-state index contributed by atoms with van der Waals surface area (Å²) in [6, 6.07) is 9.16. The fourth-order valence-electron chi connectivity index (χ4n) is 2.53. The van der Waals surface area contributed by atoms with E-state index in [1.54, 1.807) is 11.8 Å². The molecule has 1 N–H and O–H groups in total. The van der Waals surface area contributed by atoms with Gasteiger partial charge in [-0.25, -0.2) is 0 Å². The zero-order valence-electron chi connectivity index (χ0n) is 11.9. The second kappa shape index (κ2) is 6.47. The largest absolute Gasteiger partial charge is 0.389 e. The van der Waals surface area contributed by atoms with E-state index in [1.807, 2.05) is 30.3 Å². The molecule has 0 saturated carbocycles. The Labute approximate surface area is 122 Å². The summed E-state index contributed by atoms with van der Waals surface area (Å²) in [5, 5.41) is 3.18. The van der Waals surface area contributed by atoms with Gasteiger partial charge in [0, 0.05) is 13.0 Å². The van der Waals surface area contributed by atoms with Crippen molar-refractivity contribution in [1.82, 2.24) is 10.2 Å². The first kappa shape index (κ1) is 15.8. The van der Waals surface area contributed by atoms with E-state index in [0.717, 1.165) is 5.56 Å². The van der Waals surface area contributed by atoms with Gasteiger partial charge in [-0.05, 0) is 25.3 Å². The quantitative estimate of drug-likeness (QED) is 0.847. The molecule has 0 spiro atoms. The van der Waals surface area contributed by atoms with E-state index >= 15 is 0 Å². The minimum Gasteiger partial charge on any atom is -0.322 e. The van der Waals surface area contributed by atoms with Gasteiger partial charge in [0.05, 0.1) is 6.04 Å². The van der Waals surface area contributed by atoms with Gasteiger partial charge >= 0.3 is 6.18 Å². The van der Waals surface area contributed by atoms with E-state index in [-0.39, 0.29) is 24.5 Å². The summed E-state index contributed by atoms with van der Waals surface area (Å²) >= 11 is 0. The number of hydrogen-bond acceptors (Lipinski definition) is 2. The number of carbonyl (C=O) groups is 1. The Morgan fingerprint density at radius 1 is 1.19 bits per heavy atom. The first-order valence-electron chi connectivity index (χ1n) is 7.07. The summed E-state index contributed by atoms with van der Waals surface area (Å²) in [5.41, 5.74) is 0.950. The normalized spacial score (nSPS) is 22.9. The summed E-state index contributed by atoms with van der Waals surface area (Å²) < 4.78 is 36.4. The van der Waals surface area contributed by atoms with Gasteiger partial charge in [-0.3, -0.25) is 10.1 Å². The Morgan fingerprint density at radius 3 is 2.48 bits per heavy atom. The molecule has 0 radical (unpaired) electrons. The van der Waals surface area contributed by atoms with Crippen molar-refractivity contribution in [3.8, 4) is 0 Å². The van der Waals surface area contributed by atoms with Crippen molar-refractivity contribution in [1.29, 1.82) is 0 Å². The predicted molar refractivity (Wildman–Crippen MR) is 73.4 cm³/mol. The Hall–Kier alpha value is -1.56.